The largest absolute Gasteiger partial charge is 0.365 e. The molecule has 100 valence electrons. The van der Waals surface area contributed by atoms with Crippen LogP contribution in [0.1, 0.15) is 25.7 Å². The monoisotopic (exact) mass is 287 g/mol. The Kier molecular flexibility index (Phi) is 4.91. The van der Waals surface area contributed by atoms with Gasteiger partial charge in [0.05, 0.1) is 6.20 Å². The van der Waals surface area contributed by atoms with Crippen LogP contribution in [0.25, 0.3) is 0 Å². The maximum Gasteiger partial charge on any atom is 0.239 e. The number of halogens is 1. The molecule has 1 aromatic rings. The zero-order valence-corrected chi connectivity index (χ0v) is 11.9. The zero-order chi connectivity index (χ0) is 13.0. The van der Waals surface area contributed by atoms with Gasteiger partial charge in [-0.1, -0.05) is 24.4 Å². The maximum absolute atomic E-state index is 6.10. The number of nitrogens with two attached hydrogens (primary N) is 1. The summed E-state index contributed by atoms with van der Waals surface area (Å²) >= 11 is 8.00. The number of nitrogens with zero attached hydrogens (tertiary/aromatic N) is 2. The lowest BCUT2D eigenvalue weighted by Crippen LogP contribution is -2.34. The first-order valence-electron chi connectivity index (χ1n) is 6.03. The van der Waals surface area contributed by atoms with Gasteiger partial charge in [-0.3, -0.25) is 5.43 Å². The van der Waals surface area contributed by atoms with Crippen LogP contribution < -0.4 is 16.6 Å². The normalized spacial score (nSPS) is 23.7. The topological polar surface area (TPSA) is 75.9 Å². The molecule has 1 aliphatic carbocycles. The summed E-state index contributed by atoms with van der Waals surface area (Å²) in [5.74, 6) is 6.34. The fraction of sp³-hybridized carbons (Fsp3) is 0.636. The van der Waals surface area contributed by atoms with Crippen LogP contribution in [-0.2, 0) is 0 Å². The predicted molar refractivity (Wildman–Crippen MR) is 78.0 cm³/mol. The van der Waals surface area contributed by atoms with Gasteiger partial charge in [-0.15, -0.1) is 0 Å². The van der Waals surface area contributed by atoms with Crippen LogP contribution in [0.15, 0.2) is 6.20 Å². The SMILES string of the molecule is CSC1CCCCC1Nc1nc(NN)ncc1Cl. The van der Waals surface area contributed by atoms with Gasteiger partial charge in [-0.05, 0) is 19.1 Å². The molecule has 0 radical (unpaired) electrons. The average molecular weight is 288 g/mol. The number of nitrogens with one attached hydrogen (secondary N) is 2. The molecule has 1 fully saturated rings. The predicted octanol–water partition coefficient (Wildman–Crippen LogP) is 2.50. The number of hydrogen-bond donors (Lipinski definition) is 3. The van der Waals surface area contributed by atoms with E-state index >= 15 is 0 Å². The van der Waals surface area contributed by atoms with Crippen LogP contribution in [0, 0.1) is 0 Å². The van der Waals surface area contributed by atoms with Crippen molar-refractivity contribution in [2.45, 2.75) is 37.0 Å². The van der Waals surface area contributed by atoms with E-state index in [1.807, 2.05) is 11.8 Å². The number of aromatic nitrogens is 2. The van der Waals surface area contributed by atoms with Gasteiger partial charge in [0, 0.05) is 11.3 Å². The van der Waals surface area contributed by atoms with Crippen LogP contribution in [-0.4, -0.2) is 27.5 Å². The van der Waals surface area contributed by atoms with E-state index in [2.05, 4.69) is 27.0 Å². The minimum Gasteiger partial charge on any atom is -0.365 e. The molecule has 4 N–H and O–H groups in total. The average Bonchev–Trinajstić information content (AvgIpc) is 2.42. The van der Waals surface area contributed by atoms with Gasteiger partial charge >= 0.3 is 0 Å². The molecule has 2 unspecified atom stereocenters. The Morgan fingerprint density at radius 2 is 2.22 bits per heavy atom. The molecule has 1 aliphatic rings. The minimum absolute atomic E-state index is 0.374. The first-order valence-corrected chi connectivity index (χ1v) is 7.69. The summed E-state index contributed by atoms with van der Waals surface area (Å²) < 4.78 is 0. The summed E-state index contributed by atoms with van der Waals surface area (Å²) in [5.41, 5.74) is 2.43. The van der Waals surface area contributed by atoms with Gasteiger partial charge in [0.15, 0.2) is 5.82 Å². The molecule has 0 amide bonds. The summed E-state index contributed by atoms with van der Waals surface area (Å²) in [6.45, 7) is 0. The third kappa shape index (κ3) is 3.18. The second-order valence-electron chi connectivity index (χ2n) is 4.34. The highest BCUT2D eigenvalue weighted by Gasteiger charge is 2.25. The number of nitrogen functional groups attached to an aromatic ring is 1. The smallest absolute Gasteiger partial charge is 0.239 e. The molecular formula is C11H18ClN5S. The Morgan fingerprint density at radius 3 is 2.94 bits per heavy atom. The fourth-order valence-electron chi connectivity index (χ4n) is 2.26. The first-order chi connectivity index (χ1) is 8.74. The van der Waals surface area contributed by atoms with E-state index < -0.39 is 0 Å². The molecule has 0 saturated heterocycles. The van der Waals surface area contributed by atoms with Gasteiger partial charge in [-0.2, -0.15) is 16.7 Å². The number of hydrogen-bond acceptors (Lipinski definition) is 6. The zero-order valence-electron chi connectivity index (χ0n) is 10.3. The quantitative estimate of drug-likeness (QED) is 0.583. The Morgan fingerprint density at radius 1 is 1.44 bits per heavy atom. The molecule has 1 saturated carbocycles. The third-order valence-corrected chi connectivity index (χ3v) is 4.65. The van der Waals surface area contributed by atoms with Crippen LogP contribution in [0.3, 0.4) is 0 Å². The number of thioether (sulfide) groups is 1. The highest BCUT2D eigenvalue weighted by Crippen LogP contribution is 2.30. The Balaban J connectivity index is 2.11. The van der Waals surface area contributed by atoms with Crippen molar-refractivity contribution < 1.29 is 0 Å². The molecule has 0 spiro atoms. The van der Waals surface area contributed by atoms with Crippen molar-refractivity contribution in [2.24, 2.45) is 5.84 Å². The summed E-state index contributed by atoms with van der Waals surface area (Å²) in [6.07, 6.45) is 8.65. The van der Waals surface area contributed by atoms with Gasteiger partial charge in [0.25, 0.3) is 0 Å². The molecule has 0 aliphatic heterocycles. The number of anilines is 2. The van der Waals surface area contributed by atoms with Crippen molar-refractivity contribution in [1.82, 2.24) is 9.97 Å². The minimum atomic E-state index is 0.374. The highest BCUT2D eigenvalue weighted by molar-refractivity contribution is 7.99. The van der Waals surface area contributed by atoms with Crippen molar-refractivity contribution in [3.8, 4) is 0 Å². The van der Waals surface area contributed by atoms with Gasteiger partial charge in [0.2, 0.25) is 5.95 Å². The molecule has 2 rings (SSSR count). The number of hydrazine groups is 1. The van der Waals surface area contributed by atoms with E-state index in [-0.39, 0.29) is 0 Å². The van der Waals surface area contributed by atoms with Crippen molar-refractivity contribution in [3.63, 3.8) is 0 Å². The molecular weight excluding hydrogens is 270 g/mol. The Hall–Kier alpha value is -0.720. The lowest BCUT2D eigenvalue weighted by Gasteiger charge is -2.31. The van der Waals surface area contributed by atoms with E-state index in [1.165, 1.54) is 19.3 Å². The molecule has 0 bridgehead atoms. The van der Waals surface area contributed by atoms with Crippen molar-refractivity contribution in [1.29, 1.82) is 0 Å². The maximum atomic E-state index is 6.10. The van der Waals surface area contributed by atoms with Gasteiger partial charge in [-0.25, -0.2) is 10.8 Å². The van der Waals surface area contributed by atoms with Crippen LogP contribution in [0.4, 0.5) is 11.8 Å². The Bertz CT molecular complexity index is 403. The molecule has 1 heterocycles. The summed E-state index contributed by atoms with van der Waals surface area (Å²) in [5, 5.41) is 4.56. The van der Waals surface area contributed by atoms with E-state index in [1.54, 1.807) is 6.20 Å². The molecule has 5 nitrogen and oxygen atoms in total. The molecule has 7 heteroatoms. The second kappa shape index (κ2) is 6.45. The van der Waals surface area contributed by atoms with Crippen molar-refractivity contribution in [2.75, 3.05) is 17.0 Å². The second-order valence-corrected chi connectivity index (χ2v) is 5.83. The summed E-state index contributed by atoms with van der Waals surface area (Å²) in [4.78, 5) is 8.22. The van der Waals surface area contributed by atoms with Gasteiger partial charge < -0.3 is 5.32 Å². The molecule has 0 aromatic carbocycles. The first kappa shape index (κ1) is 13.7. The van der Waals surface area contributed by atoms with Crippen molar-refractivity contribution >= 4 is 35.1 Å². The lowest BCUT2D eigenvalue weighted by atomic mass is 9.95. The van der Waals surface area contributed by atoms with E-state index in [0.717, 1.165) is 6.42 Å². The lowest BCUT2D eigenvalue weighted by molar-refractivity contribution is 0.474. The summed E-state index contributed by atoms with van der Waals surface area (Å²) in [6, 6.07) is 0.409. The molecule has 18 heavy (non-hydrogen) atoms. The van der Waals surface area contributed by atoms with E-state index in [9.17, 15) is 0 Å². The van der Waals surface area contributed by atoms with E-state index in [4.69, 9.17) is 17.4 Å². The van der Waals surface area contributed by atoms with Crippen LogP contribution in [0.5, 0.6) is 0 Å². The summed E-state index contributed by atoms with van der Waals surface area (Å²) in [7, 11) is 0. The standard InChI is InChI=1S/C11H18ClN5S/c1-18-9-5-3-2-4-8(9)15-10-7(12)6-14-11(16-10)17-13/h6,8-9H,2-5,13H2,1H3,(H2,14,15,16,17). The van der Waals surface area contributed by atoms with Gasteiger partial charge in [0.1, 0.15) is 5.02 Å². The number of rotatable bonds is 4. The molecule has 1 aromatic heterocycles. The Labute approximate surface area is 116 Å². The van der Waals surface area contributed by atoms with Crippen LogP contribution >= 0.6 is 23.4 Å². The fourth-order valence-corrected chi connectivity index (χ4v) is 3.34. The van der Waals surface area contributed by atoms with Crippen LogP contribution in [0.2, 0.25) is 5.02 Å². The van der Waals surface area contributed by atoms with E-state index in [0.29, 0.717) is 28.1 Å². The molecule has 2 atom stereocenters. The highest BCUT2D eigenvalue weighted by atomic mass is 35.5. The third-order valence-electron chi connectivity index (χ3n) is 3.20. The van der Waals surface area contributed by atoms with Crippen molar-refractivity contribution in [3.05, 3.63) is 11.2 Å².